The Kier molecular flexibility index (Phi) is 5.58. The van der Waals surface area contributed by atoms with Crippen molar-refractivity contribution in [1.82, 2.24) is 14.9 Å². The SMILES string of the molecule is Cc1sc2ncnc(SCC(=O)N3CC4CCC(N)C4C3)c2c1C.Cl. The van der Waals surface area contributed by atoms with E-state index in [9.17, 15) is 4.79 Å². The molecule has 3 heterocycles. The van der Waals surface area contributed by atoms with Crippen LogP contribution in [-0.4, -0.2) is 45.7 Å². The molecule has 2 aromatic rings. The molecule has 2 fully saturated rings. The van der Waals surface area contributed by atoms with Gasteiger partial charge in [0.1, 0.15) is 16.2 Å². The molecule has 1 saturated heterocycles. The maximum atomic E-state index is 12.6. The third-order valence-electron chi connectivity index (χ3n) is 5.53. The maximum absolute atomic E-state index is 12.6. The molecule has 3 atom stereocenters. The molecule has 136 valence electrons. The number of carbonyl (C=O) groups excluding carboxylic acids is 1. The van der Waals surface area contributed by atoms with Crippen LogP contribution in [0.15, 0.2) is 11.4 Å². The standard InChI is InChI=1S/C17H22N4OS2.ClH/c1-9-10(2)24-17-15(9)16(19-8-20-17)23-7-14(22)21-5-11-3-4-13(18)12(11)6-21;/h8,11-13H,3-7,18H2,1-2H3;1H. The van der Waals surface area contributed by atoms with Crippen molar-refractivity contribution < 1.29 is 4.79 Å². The van der Waals surface area contributed by atoms with Crippen LogP contribution in [-0.2, 0) is 4.79 Å². The minimum atomic E-state index is 0. The van der Waals surface area contributed by atoms with Crippen molar-refractivity contribution in [2.45, 2.75) is 37.8 Å². The first kappa shape index (κ1) is 18.9. The number of aromatic nitrogens is 2. The van der Waals surface area contributed by atoms with Crippen molar-refractivity contribution in [3.8, 4) is 0 Å². The van der Waals surface area contributed by atoms with E-state index in [-0.39, 0.29) is 24.4 Å². The largest absolute Gasteiger partial charge is 0.341 e. The molecule has 3 unspecified atom stereocenters. The fraction of sp³-hybridized carbons (Fsp3) is 0.588. The zero-order valence-corrected chi connectivity index (χ0v) is 16.8. The number of nitrogens with two attached hydrogens (primary N) is 1. The Labute approximate surface area is 162 Å². The van der Waals surface area contributed by atoms with Crippen molar-refractivity contribution in [1.29, 1.82) is 0 Å². The number of carbonyl (C=O) groups is 1. The van der Waals surface area contributed by atoms with Crippen LogP contribution in [0.1, 0.15) is 23.3 Å². The molecule has 1 saturated carbocycles. The lowest BCUT2D eigenvalue weighted by Gasteiger charge is -2.18. The lowest BCUT2D eigenvalue weighted by molar-refractivity contribution is -0.127. The zero-order chi connectivity index (χ0) is 16.8. The van der Waals surface area contributed by atoms with Gasteiger partial charge in [0, 0.05) is 29.4 Å². The molecule has 0 aromatic carbocycles. The van der Waals surface area contributed by atoms with Gasteiger partial charge in [-0.1, -0.05) is 11.8 Å². The van der Waals surface area contributed by atoms with E-state index < -0.39 is 0 Å². The summed E-state index contributed by atoms with van der Waals surface area (Å²) in [6, 6.07) is 0.276. The number of halogens is 1. The van der Waals surface area contributed by atoms with E-state index in [2.05, 4.69) is 23.8 Å². The van der Waals surface area contributed by atoms with Crippen LogP contribution >= 0.6 is 35.5 Å². The molecule has 0 bridgehead atoms. The Morgan fingerprint density at radius 2 is 2.16 bits per heavy atom. The number of hydrogen-bond donors (Lipinski definition) is 1. The van der Waals surface area contributed by atoms with Gasteiger partial charge in [-0.25, -0.2) is 9.97 Å². The van der Waals surface area contributed by atoms with E-state index in [1.54, 1.807) is 17.7 Å². The highest BCUT2D eigenvalue weighted by Gasteiger charge is 2.42. The number of nitrogens with zero attached hydrogens (tertiary/aromatic N) is 3. The molecule has 0 radical (unpaired) electrons. The second kappa shape index (κ2) is 7.39. The predicted molar refractivity (Wildman–Crippen MR) is 106 cm³/mol. The molecule has 2 N–H and O–H groups in total. The molecule has 5 nitrogen and oxygen atoms in total. The van der Waals surface area contributed by atoms with Crippen molar-refractivity contribution in [2.75, 3.05) is 18.8 Å². The Balaban J connectivity index is 0.00000182. The minimum absolute atomic E-state index is 0. The summed E-state index contributed by atoms with van der Waals surface area (Å²) in [6.07, 6.45) is 3.88. The van der Waals surface area contributed by atoms with Crippen LogP contribution in [0.5, 0.6) is 0 Å². The van der Waals surface area contributed by atoms with Crippen LogP contribution in [0.3, 0.4) is 0 Å². The van der Waals surface area contributed by atoms with E-state index in [1.165, 1.54) is 28.6 Å². The lowest BCUT2D eigenvalue weighted by atomic mass is 9.98. The molecule has 25 heavy (non-hydrogen) atoms. The van der Waals surface area contributed by atoms with Gasteiger partial charge in [0.25, 0.3) is 0 Å². The molecule has 1 aliphatic heterocycles. The van der Waals surface area contributed by atoms with Gasteiger partial charge in [-0.05, 0) is 44.1 Å². The molecule has 2 aromatic heterocycles. The number of thioether (sulfide) groups is 1. The molecule has 8 heteroatoms. The normalized spacial score (nSPS) is 25.2. The summed E-state index contributed by atoms with van der Waals surface area (Å²) in [5.41, 5.74) is 7.40. The van der Waals surface area contributed by atoms with E-state index in [0.717, 1.165) is 34.8 Å². The Bertz CT molecular complexity index is 796. The predicted octanol–water partition coefficient (Wildman–Crippen LogP) is 3.02. The van der Waals surface area contributed by atoms with Crippen LogP contribution < -0.4 is 5.73 Å². The maximum Gasteiger partial charge on any atom is 0.233 e. The molecule has 1 aliphatic carbocycles. The quantitative estimate of drug-likeness (QED) is 0.635. The van der Waals surface area contributed by atoms with Gasteiger partial charge < -0.3 is 10.6 Å². The van der Waals surface area contributed by atoms with Crippen molar-refractivity contribution in [2.24, 2.45) is 17.6 Å². The average molecular weight is 399 g/mol. The first-order valence-corrected chi connectivity index (χ1v) is 10.2. The second-order valence-electron chi connectivity index (χ2n) is 6.89. The van der Waals surface area contributed by atoms with E-state index in [1.807, 2.05) is 4.90 Å². The average Bonchev–Trinajstić information content (AvgIpc) is 3.22. The minimum Gasteiger partial charge on any atom is -0.341 e. The van der Waals surface area contributed by atoms with Crippen LogP contribution in [0.25, 0.3) is 10.2 Å². The van der Waals surface area contributed by atoms with Crippen molar-refractivity contribution in [3.63, 3.8) is 0 Å². The van der Waals surface area contributed by atoms with Gasteiger partial charge in [-0.2, -0.15) is 0 Å². The van der Waals surface area contributed by atoms with Crippen LogP contribution in [0.2, 0.25) is 0 Å². The first-order chi connectivity index (χ1) is 11.5. The number of hydrogen-bond acceptors (Lipinski definition) is 6. The van der Waals surface area contributed by atoms with Crippen molar-refractivity contribution >= 4 is 51.6 Å². The number of fused-ring (bicyclic) bond motifs is 2. The summed E-state index contributed by atoms with van der Waals surface area (Å²) < 4.78 is 0. The van der Waals surface area contributed by atoms with Gasteiger partial charge in [-0.15, -0.1) is 23.7 Å². The highest BCUT2D eigenvalue weighted by atomic mass is 35.5. The molecule has 4 rings (SSSR count). The third kappa shape index (κ3) is 3.39. The summed E-state index contributed by atoms with van der Waals surface area (Å²) in [5.74, 6) is 1.76. The van der Waals surface area contributed by atoms with Crippen LogP contribution in [0, 0.1) is 25.7 Å². The topological polar surface area (TPSA) is 72.1 Å². The second-order valence-corrected chi connectivity index (χ2v) is 9.06. The molecular weight excluding hydrogens is 376 g/mol. The fourth-order valence-corrected chi connectivity index (χ4v) is 6.01. The highest BCUT2D eigenvalue weighted by Crippen LogP contribution is 2.38. The number of thiophene rings is 1. The number of aryl methyl sites for hydroxylation is 2. The van der Waals surface area contributed by atoms with Gasteiger partial charge in [0.15, 0.2) is 0 Å². The van der Waals surface area contributed by atoms with Crippen molar-refractivity contribution in [3.05, 3.63) is 16.8 Å². The smallest absolute Gasteiger partial charge is 0.233 e. The highest BCUT2D eigenvalue weighted by molar-refractivity contribution is 8.00. The third-order valence-corrected chi connectivity index (χ3v) is 7.62. The molecule has 0 spiro atoms. The van der Waals surface area contributed by atoms with E-state index in [0.29, 0.717) is 17.6 Å². The summed E-state index contributed by atoms with van der Waals surface area (Å²) in [5, 5.41) is 2.03. The molecular formula is C17H23ClN4OS2. The van der Waals surface area contributed by atoms with Gasteiger partial charge >= 0.3 is 0 Å². The van der Waals surface area contributed by atoms with E-state index in [4.69, 9.17) is 5.73 Å². The molecule has 2 aliphatic rings. The summed E-state index contributed by atoms with van der Waals surface area (Å²) in [6.45, 7) is 5.93. The van der Waals surface area contributed by atoms with E-state index >= 15 is 0 Å². The summed E-state index contributed by atoms with van der Waals surface area (Å²) in [7, 11) is 0. The van der Waals surface area contributed by atoms with Gasteiger partial charge in [0.05, 0.1) is 5.75 Å². The first-order valence-electron chi connectivity index (χ1n) is 8.41. The fourth-order valence-electron chi connectivity index (χ4n) is 3.99. The Morgan fingerprint density at radius 3 is 2.92 bits per heavy atom. The number of amides is 1. The van der Waals surface area contributed by atoms with Gasteiger partial charge in [0.2, 0.25) is 5.91 Å². The van der Waals surface area contributed by atoms with Gasteiger partial charge in [-0.3, -0.25) is 4.79 Å². The summed E-state index contributed by atoms with van der Waals surface area (Å²) in [4.78, 5) is 25.7. The van der Waals surface area contributed by atoms with Crippen LogP contribution in [0.4, 0.5) is 0 Å². The zero-order valence-electron chi connectivity index (χ0n) is 14.4. The monoisotopic (exact) mass is 398 g/mol. The molecule has 1 amide bonds. The Morgan fingerprint density at radius 1 is 1.36 bits per heavy atom. The summed E-state index contributed by atoms with van der Waals surface area (Å²) >= 11 is 3.22. The lowest BCUT2D eigenvalue weighted by Crippen LogP contribution is -2.34. The number of rotatable bonds is 3. The number of likely N-dealkylation sites (tertiary alicyclic amines) is 1. The Hall–Kier alpha value is -0.890.